The Kier molecular flexibility index (Phi) is 6.37. The Morgan fingerprint density at radius 3 is 2.31 bits per heavy atom. The van der Waals surface area contributed by atoms with Crippen molar-refractivity contribution in [2.24, 2.45) is 5.41 Å². The molecule has 1 fully saturated rings. The van der Waals surface area contributed by atoms with Crippen molar-refractivity contribution in [3.05, 3.63) is 0 Å². The van der Waals surface area contributed by atoms with Crippen molar-refractivity contribution in [3.8, 4) is 0 Å². The van der Waals surface area contributed by atoms with Gasteiger partial charge in [0.2, 0.25) is 0 Å². The summed E-state index contributed by atoms with van der Waals surface area (Å²) in [5.74, 6) is 0. The van der Waals surface area contributed by atoms with Crippen LogP contribution < -0.4 is 0 Å². The fraction of sp³-hybridized carbons (Fsp3) is 1.00. The lowest BCUT2D eigenvalue weighted by Crippen LogP contribution is -2.04. The van der Waals surface area contributed by atoms with Gasteiger partial charge in [0.15, 0.2) is 0 Å². The Morgan fingerprint density at radius 2 is 1.69 bits per heavy atom. The summed E-state index contributed by atoms with van der Waals surface area (Å²) in [6.07, 6.45) is 8.41. The van der Waals surface area contributed by atoms with Gasteiger partial charge in [-0.2, -0.15) is 0 Å². The number of ether oxygens (including phenoxy) is 2. The highest BCUT2D eigenvalue weighted by atomic mass is 16.6. The number of unbranched alkanes of at least 4 members (excludes halogenated alkanes) is 4. The summed E-state index contributed by atoms with van der Waals surface area (Å²) in [7, 11) is 0. The van der Waals surface area contributed by atoms with Crippen LogP contribution in [0, 0.1) is 5.41 Å². The smallest absolute Gasteiger partial charge is 0.104 e. The average Bonchev–Trinajstić information content (AvgIpc) is 2.97. The molecule has 2 nitrogen and oxygen atoms in total. The van der Waals surface area contributed by atoms with Gasteiger partial charge in [0.1, 0.15) is 6.10 Å². The van der Waals surface area contributed by atoms with E-state index < -0.39 is 0 Å². The molecule has 0 aromatic heterocycles. The van der Waals surface area contributed by atoms with Gasteiger partial charge in [0.25, 0.3) is 0 Å². The first-order chi connectivity index (χ1) is 7.58. The second-order valence-corrected chi connectivity index (χ2v) is 6.11. The maximum atomic E-state index is 5.49. The summed E-state index contributed by atoms with van der Waals surface area (Å²) >= 11 is 0. The third-order valence-corrected chi connectivity index (χ3v) is 2.92. The topological polar surface area (TPSA) is 21.8 Å². The highest BCUT2D eigenvalue weighted by Gasteiger charge is 2.21. The predicted octanol–water partition coefficient (Wildman–Crippen LogP) is 3.79. The molecular weight excluding hydrogens is 200 g/mol. The normalized spacial score (nSPS) is 20.1. The molecule has 1 atom stereocenters. The molecule has 0 bridgehead atoms. The van der Waals surface area contributed by atoms with Crippen molar-refractivity contribution in [2.45, 2.75) is 65.4 Å². The van der Waals surface area contributed by atoms with Crippen LogP contribution in [-0.2, 0) is 9.47 Å². The second kappa shape index (κ2) is 7.29. The molecule has 16 heavy (non-hydrogen) atoms. The zero-order chi connectivity index (χ0) is 11.9. The molecule has 96 valence electrons. The molecule has 1 aliphatic rings. The fourth-order valence-electron chi connectivity index (χ4n) is 1.77. The standard InChI is InChI=1S/C14H28O2/c1-14(2,3)9-7-5-4-6-8-10-15-11-13-12-16-13/h13H,4-12H2,1-3H3. The minimum absolute atomic E-state index is 0.423. The Bertz CT molecular complexity index is 168. The first kappa shape index (κ1) is 14.0. The van der Waals surface area contributed by atoms with E-state index >= 15 is 0 Å². The summed E-state index contributed by atoms with van der Waals surface area (Å²) < 4.78 is 10.6. The van der Waals surface area contributed by atoms with Crippen LogP contribution in [-0.4, -0.2) is 25.9 Å². The molecule has 0 aliphatic carbocycles. The van der Waals surface area contributed by atoms with Crippen LogP contribution in [0.4, 0.5) is 0 Å². The fourth-order valence-corrected chi connectivity index (χ4v) is 1.77. The molecule has 0 aromatic carbocycles. The quantitative estimate of drug-likeness (QED) is 0.442. The van der Waals surface area contributed by atoms with Gasteiger partial charge in [-0.25, -0.2) is 0 Å². The second-order valence-electron chi connectivity index (χ2n) is 6.11. The Labute approximate surface area is 101 Å². The first-order valence-corrected chi connectivity index (χ1v) is 6.77. The van der Waals surface area contributed by atoms with Gasteiger partial charge in [-0.3, -0.25) is 0 Å². The predicted molar refractivity (Wildman–Crippen MR) is 67.7 cm³/mol. The SMILES string of the molecule is CC(C)(C)CCCCCCCOCC1CO1. The van der Waals surface area contributed by atoms with E-state index in [1.807, 2.05) is 0 Å². The van der Waals surface area contributed by atoms with E-state index in [4.69, 9.17) is 9.47 Å². The van der Waals surface area contributed by atoms with Crippen LogP contribution in [0.5, 0.6) is 0 Å². The van der Waals surface area contributed by atoms with Gasteiger partial charge in [0.05, 0.1) is 13.2 Å². The molecule has 1 saturated heterocycles. The molecule has 1 unspecified atom stereocenters. The maximum Gasteiger partial charge on any atom is 0.104 e. The van der Waals surface area contributed by atoms with Gasteiger partial charge in [0, 0.05) is 6.61 Å². The zero-order valence-corrected chi connectivity index (χ0v) is 11.3. The van der Waals surface area contributed by atoms with Gasteiger partial charge in [-0.05, 0) is 18.3 Å². The van der Waals surface area contributed by atoms with Crippen molar-refractivity contribution in [1.29, 1.82) is 0 Å². The monoisotopic (exact) mass is 228 g/mol. The molecule has 0 amide bonds. The van der Waals surface area contributed by atoms with Crippen LogP contribution in [0.1, 0.15) is 59.3 Å². The summed E-state index contributed by atoms with van der Waals surface area (Å²) in [4.78, 5) is 0. The molecule has 0 N–H and O–H groups in total. The third-order valence-electron chi connectivity index (χ3n) is 2.92. The van der Waals surface area contributed by atoms with Crippen LogP contribution in [0.2, 0.25) is 0 Å². The van der Waals surface area contributed by atoms with Gasteiger partial charge >= 0.3 is 0 Å². The average molecular weight is 228 g/mol. The van der Waals surface area contributed by atoms with E-state index in [0.717, 1.165) is 19.8 Å². The number of epoxide rings is 1. The molecule has 2 heteroatoms. The van der Waals surface area contributed by atoms with Gasteiger partial charge in [-0.1, -0.05) is 46.5 Å². The molecule has 1 rings (SSSR count). The van der Waals surface area contributed by atoms with Crippen LogP contribution in [0.25, 0.3) is 0 Å². The minimum atomic E-state index is 0.423. The molecule has 0 saturated carbocycles. The number of rotatable bonds is 9. The largest absolute Gasteiger partial charge is 0.379 e. The van der Waals surface area contributed by atoms with Gasteiger partial charge < -0.3 is 9.47 Å². The highest BCUT2D eigenvalue weighted by molar-refractivity contribution is 4.67. The van der Waals surface area contributed by atoms with Gasteiger partial charge in [-0.15, -0.1) is 0 Å². The van der Waals surface area contributed by atoms with Crippen molar-refractivity contribution in [2.75, 3.05) is 19.8 Å². The van der Waals surface area contributed by atoms with Crippen molar-refractivity contribution >= 4 is 0 Å². The summed E-state index contributed by atoms with van der Waals surface area (Å²) in [6.45, 7) is 9.60. The van der Waals surface area contributed by atoms with Crippen LogP contribution in [0.15, 0.2) is 0 Å². The lowest BCUT2D eigenvalue weighted by atomic mass is 9.89. The molecule has 1 heterocycles. The lowest BCUT2D eigenvalue weighted by molar-refractivity contribution is 0.113. The lowest BCUT2D eigenvalue weighted by Gasteiger charge is -2.17. The van der Waals surface area contributed by atoms with Crippen molar-refractivity contribution in [3.63, 3.8) is 0 Å². The van der Waals surface area contributed by atoms with E-state index in [-0.39, 0.29) is 0 Å². The first-order valence-electron chi connectivity index (χ1n) is 6.77. The molecule has 1 aliphatic heterocycles. The Balaban J connectivity index is 1.70. The Morgan fingerprint density at radius 1 is 1.06 bits per heavy atom. The minimum Gasteiger partial charge on any atom is -0.379 e. The van der Waals surface area contributed by atoms with Crippen molar-refractivity contribution < 1.29 is 9.47 Å². The molecular formula is C14H28O2. The van der Waals surface area contributed by atoms with Crippen molar-refractivity contribution in [1.82, 2.24) is 0 Å². The van der Waals surface area contributed by atoms with E-state index in [1.54, 1.807) is 0 Å². The molecule has 0 radical (unpaired) electrons. The number of hydrogen-bond acceptors (Lipinski definition) is 2. The third kappa shape index (κ3) is 9.17. The zero-order valence-electron chi connectivity index (χ0n) is 11.3. The summed E-state index contributed by atoms with van der Waals surface area (Å²) in [5, 5.41) is 0. The highest BCUT2D eigenvalue weighted by Crippen LogP contribution is 2.22. The van der Waals surface area contributed by atoms with E-state index in [0.29, 0.717) is 11.5 Å². The van der Waals surface area contributed by atoms with E-state index in [1.165, 1.54) is 38.5 Å². The van der Waals surface area contributed by atoms with E-state index in [9.17, 15) is 0 Å². The Hall–Kier alpha value is -0.0800. The van der Waals surface area contributed by atoms with E-state index in [2.05, 4.69) is 20.8 Å². The molecule has 0 aromatic rings. The summed E-state index contributed by atoms with van der Waals surface area (Å²) in [6, 6.07) is 0. The number of hydrogen-bond donors (Lipinski definition) is 0. The summed E-state index contributed by atoms with van der Waals surface area (Å²) in [5.41, 5.74) is 0.507. The van der Waals surface area contributed by atoms with Crippen LogP contribution >= 0.6 is 0 Å². The maximum absolute atomic E-state index is 5.49. The molecule has 0 spiro atoms. The van der Waals surface area contributed by atoms with Crippen LogP contribution in [0.3, 0.4) is 0 Å².